The minimum absolute atomic E-state index is 0.156. The minimum atomic E-state index is -0.353. The lowest BCUT2D eigenvalue weighted by atomic mass is 10.1. The van der Waals surface area contributed by atoms with E-state index in [9.17, 15) is 9.59 Å². The molecule has 0 bridgehead atoms. The van der Waals surface area contributed by atoms with Gasteiger partial charge in [-0.15, -0.1) is 0 Å². The molecule has 2 aromatic heterocycles. The molecule has 0 aromatic carbocycles. The summed E-state index contributed by atoms with van der Waals surface area (Å²) >= 11 is 0. The molecule has 3 N–H and O–H groups in total. The van der Waals surface area contributed by atoms with Gasteiger partial charge in [0.2, 0.25) is 0 Å². The van der Waals surface area contributed by atoms with Gasteiger partial charge in [0.1, 0.15) is 5.56 Å². The van der Waals surface area contributed by atoms with E-state index in [1.807, 2.05) is 26.0 Å². The van der Waals surface area contributed by atoms with Crippen LogP contribution in [0.25, 0.3) is 0 Å². The first-order valence-electron chi connectivity index (χ1n) is 7.20. The van der Waals surface area contributed by atoms with E-state index in [4.69, 9.17) is 0 Å². The van der Waals surface area contributed by atoms with E-state index in [1.54, 1.807) is 18.5 Å². The van der Waals surface area contributed by atoms with Gasteiger partial charge in [-0.3, -0.25) is 14.6 Å². The molecule has 0 fully saturated rings. The van der Waals surface area contributed by atoms with E-state index >= 15 is 0 Å². The van der Waals surface area contributed by atoms with Crippen molar-refractivity contribution in [3.8, 4) is 0 Å². The molecular formula is C16H20N4O2. The number of hydrogen-bond donors (Lipinski definition) is 3. The predicted molar refractivity (Wildman–Crippen MR) is 86.2 cm³/mol. The zero-order chi connectivity index (χ0) is 15.9. The lowest BCUT2D eigenvalue weighted by Gasteiger charge is -2.08. The first-order valence-corrected chi connectivity index (χ1v) is 7.20. The quantitative estimate of drug-likeness (QED) is 0.708. The Morgan fingerprint density at radius 3 is 2.86 bits per heavy atom. The molecular weight excluding hydrogens is 280 g/mol. The van der Waals surface area contributed by atoms with E-state index in [0.717, 1.165) is 29.9 Å². The van der Waals surface area contributed by atoms with Crippen LogP contribution in [-0.4, -0.2) is 29.0 Å². The number of aromatic nitrogens is 2. The van der Waals surface area contributed by atoms with Crippen molar-refractivity contribution >= 4 is 11.6 Å². The Kier molecular flexibility index (Phi) is 5.30. The second-order valence-corrected chi connectivity index (χ2v) is 5.10. The zero-order valence-electron chi connectivity index (χ0n) is 12.8. The Hall–Kier alpha value is -2.63. The highest BCUT2D eigenvalue weighted by Gasteiger charge is 2.11. The van der Waals surface area contributed by atoms with Crippen LogP contribution in [0.1, 0.15) is 28.0 Å². The van der Waals surface area contributed by atoms with Crippen molar-refractivity contribution in [3.05, 3.63) is 57.8 Å². The summed E-state index contributed by atoms with van der Waals surface area (Å²) in [7, 11) is 0. The average molecular weight is 300 g/mol. The van der Waals surface area contributed by atoms with Gasteiger partial charge in [-0.05, 0) is 44.0 Å². The van der Waals surface area contributed by atoms with Gasteiger partial charge in [0.05, 0.1) is 5.69 Å². The number of rotatable bonds is 6. The molecule has 0 atom stereocenters. The lowest BCUT2D eigenvalue weighted by Crippen LogP contribution is -2.31. The number of aromatic amines is 1. The van der Waals surface area contributed by atoms with E-state index in [1.165, 1.54) is 0 Å². The fraction of sp³-hybridized carbons (Fsp3) is 0.312. The van der Waals surface area contributed by atoms with Gasteiger partial charge in [0, 0.05) is 31.2 Å². The van der Waals surface area contributed by atoms with Crippen LogP contribution in [0.4, 0.5) is 5.69 Å². The Balaban J connectivity index is 1.79. The Bertz CT molecular complexity index is 695. The van der Waals surface area contributed by atoms with Crippen LogP contribution in [0.3, 0.4) is 0 Å². The van der Waals surface area contributed by atoms with Crippen molar-refractivity contribution in [2.45, 2.75) is 20.3 Å². The van der Waals surface area contributed by atoms with Crippen molar-refractivity contribution in [2.24, 2.45) is 0 Å². The monoisotopic (exact) mass is 300 g/mol. The second-order valence-electron chi connectivity index (χ2n) is 5.10. The number of anilines is 1. The molecule has 0 aliphatic heterocycles. The topological polar surface area (TPSA) is 86.9 Å². The summed E-state index contributed by atoms with van der Waals surface area (Å²) in [5.74, 6) is -0.342. The molecule has 0 radical (unpaired) electrons. The summed E-state index contributed by atoms with van der Waals surface area (Å²) in [6.45, 7) is 4.89. The third kappa shape index (κ3) is 4.18. The second kappa shape index (κ2) is 7.40. The Morgan fingerprint density at radius 1 is 1.32 bits per heavy atom. The number of H-pyrrole nitrogens is 1. The van der Waals surface area contributed by atoms with Crippen molar-refractivity contribution in [2.75, 3.05) is 18.4 Å². The van der Waals surface area contributed by atoms with Gasteiger partial charge in [0.15, 0.2) is 0 Å². The standard InChI is InChI=1S/C16H20N4O2/c1-11-9-14(16(22)20-12(11)2)15(21)19-8-4-7-18-13-5-3-6-17-10-13/h3,5-6,9-10,18H,4,7-8H2,1-2H3,(H,19,21)(H,20,22). The number of hydrogen-bond acceptors (Lipinski definition) is 4. The van der Waals surface area contributed by atoms with E-state index in [0.29, 0.717) is 6.54 Å². The van der Waals surface area contributed by atoms with Gasteiger partial charge in [-0.25, -0.2) is 0 Å². The van der Waals surface area contributed by atoms with Gasteiger partial charge in [0.25, 0.3) is 11.5 Å². The van der Waals surface area contributed by atoms with Crippen molar-refractivity contribution in [1.29, 1.82) is 0 Å². The summed E-state index contributed by atoms with van der Waals surface area (Å²) in [5.41, 5.74) is 2.42. The molecule has 116 valence electrons. The lowest BCUT2D eigenvalue weighted by molar-refractivity contribution is 0.0952. The molecule has 0 spiro atoms. The summed E-state index contributed by atoms with van der Waals surface area (Å²) in [6.07, 6.45) is 4.21. The summed E-state index contributed by atoms with van der Waals surface area (Å²) in [6, 6.07) is 5.41. The zero-order valence-corrected chi connectivity index (χ0v) is 12.8. The smallest absolute Gasteiger partial charge is 0.261 e. The number of nitrogens with one attached hydrogen (secondary N) is 3. The van der Waals surface area contributed by atoms with Crippen molar-refractivity contribution in [1.82, 2.24) is 15.3 Å². The molecule has 0 aliphatic rings. The van der Waals surface area contributed by atoms with Crippen LogP contribution in [0.2, 0.25) is 0 Å². The fourth-order valence-corrected chi connectivity index (χ4v) is 1.98. The van der Waals surface area contributed by atoms with Gasteiger partial charge >= 0.3 is 0 Å². The van der Waals surface area contributed by atoms with Gasteiger partial charge in [-0.1, -0.05) is 0 Å². The molecule has 0 unspecified atom stereocenters. The highest BCUT2D eigenvalue weighted by molar-refractivity contribution is 5.93. The molecule has 1 amide bonds. The largest absolute Gasteiger partial charge is 0.384 e. The van der Waals surface area contributed by atoms with E-state index < -0.39 is 0 Å². The van der Waals surface area contributed by atoms with Crippen LogP contribution < -0.4 is 16.2 Å². The number of carbonyl (C=O) groups excluding carboxylic acids is 1. The Labute approximate surface area is 129 Å². The molecule has 0 aliphatic carbocycles. The van der Waals surface area contributed by atoms with Crippen LogP contribution >= 0.6 is 0 Å². The van der Waals surface area contributed by atoms with E-state index in [-0.39, 0.29) is 17.0 Å². The molecule has 6 nitrogen and oxygen atoms in total. The first-order chi connectivity index (χ1) is 10.6. The summed E-state index contributed by atoms with van der Waals surface area (Å²) in [4.78, 5) is 30.5. The Morgan fingerprint density at radius 2 is 2.14 bits per heavy atom. The summed E-state index contributed by atoms with van der Waals surface area (Å²) < 4.78 is 0. The van der Waals surface area contributed by atoms with Gasteiger partial charge in [-0.2, -0.15) is 0 Å². The average Bonchev–Trinajstić information content (AvgIpc) is 2.51. The number of nitrogens with zero attached hydrogens (tertiary/aromatic N) is 1. The fourth-order valence-electron chi connectivity index (χ4n) is 1.98. The SMILES string of the molecule is Cc1cc(C(=O)NCCCNc2cccnc2)c(=O)[nH]c1C. The number of amides is 1. The number of pyridine rings is 2. The molecule has 22 heavy (non-hydrogen) atoms. The molecule has 2 rings (SSSR count). The van der Waals surface area contributed by atoms with Crippen LogP contribution in [0.5, 0.6) is 0 Å². The molecule has 0 saturated carbocycles. The molecule has 2 heterocycles. The maximum Gasteiger partial charge on any atom is 0.261 e. The predicted octanol–water partition coefficient (Wildman–Crippen LogP) is 1.62. The number of aryl methyl sites for hydroxylation is 2. The third-order valence-electron chi connectivity index (χ3n) is 3.37. The number of carbonyl (C=O) groups is 1. The highest BCUT2D eigenvalue weighted by Crippen LogP contribution is 2.03. The van der Waals surface area contributed by atoms with Crippen LogP contribution in [-0.2, 0) is 0 Å². The maximum absolute atomic E-state index is 12.0. The van der Waals surface area contributed by atoms with Crippen LogP contribution in [0.15, 0.2) is 35.4 Å². The first kappa shape index (κ1) is 15.8. The molecule has 0 saturated heterocycles. The molecule has 2 aromatic rings. The summed E-state index contributed by atoms with van der Waals surface area (Å²) in [5, 5.41) is 5.96. The third-order valence-corrected chi connectivity index (χ3v) is 3.37. The van der Waals surface area contributed by atoms with Crippen molar-refractivity contribution in [3.63, 3.8) is 0 Å². The van der Waals surface area contributed by atoms with E-state index in [2.05, 4.69) is 20.6 Å². The van der Waals surface area contributed by atoms with Crippen LogP contribution in [0, 0.1) is 13.8 Å². The highest BCUT2D eigenvalue weighted by atomic mass is 16.2. The maximum atomic E-state index is 12.0. The minimum Gasteiger partial charge on any atom is -0.384 e. The van der Waals surface area contributed by atoms with Gasteiger partial charge < -0.3 is 15.6 Å². The molecule has 6 heteroatoms. The van der Waals surface area contributed by atoms with Crippen molar-refractivity contribution < 1.29 is 4.79 Å². The normalized spacial score (nSPS) is 10.3.